The Hall–Kier alpha value is -2.57. The first kappa shape index (κ1) is 21.5. The average Bonchev–Trinajstić information content (AvgIpc) is 2.63. The summed E-state index contributed by atoms with van der Waals surface area (Å²) in [5.41, 5.74) is 18.3. The highest BCUT2D eigenvalue weighted by molar-refractivity contribution is 6.30. The van der Waals surface area contributed by atoms with E-state index in [1.807, 2.05) is 7.05 Å². The molecule has 26 heavy (non-hydrogen) atoms. The van der Waals surface area contributed by atoms with Gasteiger partial charge in [-0.25, -0.2) is 4.39 Å². The number of benzene rings is 2. The van der Waals surface area contributed by atoms with Crippen LogP contribution in [0.1, 0.15) is 18.9 Å². The summed E-state index contributed by atoms with van der Waals surface area (Å²) in [6, 6.07) is 9.15. The van der Waals surface area contributed by atoms with Crippen molar-refractivity contribution in [3.63, 3.8) is 0 Å². The fraction of sp³-hybridized carbons (Fsp3) is 0.211. The van der Waals surface area contributed by atoms with Crippen molar-refractivity contribution in [1.29, 1.82) is 0 Å². The minimum atomic E-state index is -0.504. The molecule has 2 aromatic rings. The van der Waals surface area contributed by atoms with Crippen molar-refractivity contribution in [3.05, 3.63) is 58.5 Å². The van der Waals surface area contributed by atoms with Crippen LogP contribution in [0, 0.1) is 5.82 Å². The van der Waals surface area contributed by atoms with Crippen molar-refractivity contribution in [2.75, 3.05) is 19.3 Å². The zero-order valence-corrected chi connectivity index (χ0v) is 15.6. The van der Waals surface area contributed by atoms with E-state index in [9.17, 15) is 9.18 Å². The highest BCUT2D eigenvalue weighted by atomic mass is 35.5. The first-order valence-corrected chi connectivity index (χ1v) is 8.44. The van der Waals surface area contributed by atoms with E-state index in [4.69, 9.17) is 28.8 Å². The molecule has 0 saturated carbocycles. The molecule has 0 atom stereocenters. The van der Waals surface area contributed by atoms with Crippen molar-refractivity contribution in [3.8, 4) is 11.1 Å². The molecule has 0 aromatic heterocycles. The molecular formula is C19H24ClFN4O. The first-order valence-electron chi connectivity index (χ1n) is 8.06. The molecule has 2 aromatic carbocycles. The Balaban J connectivity index is 0.000000597. The molecule has 7 heteroatoms. The topological polar surface area (TPSA) is 107 Å². The summed E-state index contributed by atoms with van der Waals surface area (Å²) in [5, 5.41) is 3.54. The van der Waals surface area contributed by atoms with Crippen LogP contribution < -0.4 is 22.5 Å². The summed E-state index contributed by atoms with van der Waals surface area (Å²) in [7, 11) is 1.96. The fourth-order valence-corrected chi connectivity index (χ4v) is 2.33. The van der Waals surface area contributed by atoms with Gasteiger partial charge in [-0.2, -0.15) is 0 Å². The van der Waals surface area contributed by atoms with Crippen molar-refractivity contribution in [2.24, 2.45) is 11.5 Å². The maximum Gasteiger partial charge on any atom is 0.167 e. The Morgan fingerprint density at radius 2 is 1.81 bits per heavy atom. The van der Waals surface area contributed by atoms with Crippen LogP contribution in [0.2, 0.25) is 5.02 Å². The van der Waals surface area contributed by atoms with Gasteiger partial charge in [-0.3, -0.25) is 4.79 Å². The molecule has 0 amide bonds. The lowest BCUT2D eigenvalue weighted by molar-refractivity contribution is -0.104. The first-order chi connectivity index (χ1) is 12.4. The van der Waals surface area contributed by atoms with Crippen molar-refractivity contribution in [1.82, 2.24) is 5.32 Å². The number of carbonyl (C=O) groups is 1. The predicted octanol–water partition coefficient (Wildman–Crippen LogP) is 3.13. The quantitative estimate of drug-likeness (QED) is 0.363. The summed E-state index contributed by atoms with van der Waals surface area (Å²) in [4.78, 5) is 10.7. The minimum Gasteiger partial charge on any atom is -0.398 e. The molecule has 0 aliphatic heterocycles. The van der Waals surface area contributed by atoms with Crippen molar-refractivity contribution in [2.45, 2.75) is 13.3 Å². The lowest BCUT2D eigenvalue weighted by Gasteiger charge is -2.13. The summed E-state index contributed by atoms with van der Waals surface area (Å²) in [6.07, 6.45) is 1.65. The van der Waals surface area contributed by atoms with Crippen LogP contribution in [-0.4, -0.2) is 19.9 Å². The molecule has 0 radical (unpaired) electrons. The molecule has 0 heterocycles. The number of carbonyl (C=O) groups excluding carboxylic acids is 1. The number of anilines is 1. The molecule has 5 nitrogen and oxygen atoms in total. The summed E-state index contributed by atoms with van der Waals surface area (Å²) >= 11 is 5.81. The molecule has 0 unspecified atom stereocenters. The van der Waals surface area contributed by atoms with E-state index in [0.29, 0.717) is 22.4 Å². The van der Waals surface area contributed by atoms with Crippen LogP contribution in [-0.2, 0) is 4.79 Å². The number of hydrogen-bond acceptors (Lipinski definition) is 5. The SMILES string of the molecule is CCCNC.N/C(C=O)=C(/N)c1ccc(F)c(-c2ccc(Cl)cc2)c1N. The second kappa shape index (κ2) is 10.4. The van der Waals surface area contributed by atoms with Gasteiger partial charge in [0.05, 0.1) is 17.1 Å². The number of nitrogens with one attached hydrogen (secondary N) is 1. The minimum absolute atomic E-state index is 0.0118. The van der Waals surface area contributed by atoms with Gasteiger partial charge in [0.25, 0.3) is 0 Å². The van der Waals surface area contributed by atoms with Gasteiger partial charge in [0, 0.05) is 16.1 Å². The molecule has 0 aliphatic carbocycles. The Morgan fingerprint density at radius 3 is 2.27 bits per heavy atom. The van der Waals surface area contributed by atoms with Crippen molar-refractivity contribution < 1.29 is 9.18 Å². The van der Waals surface area contributed by atoms with Crippen LogP contribution in [0.4, 0.5) is 10.1 Å². The predicted molar refractivity (Wildman–Crippen MR) is 107 cm³/mol. The van der Waals surface area contributed by atoms with E-state index in [1.165, 1.54) is 18.6 Å². The molecule has 0 fully saturated rings. The zero-order chi connectivity index (χ0) is 19.7. The average molecular weight is 379 g/mol. The Bertz CT molecular complexity index is 774. The lowest BCUT2D eigenvalue weighted by atomic mass is 9.98. The molecule has 0 bridgehead atoms. The third-order valence-electron chi connectivity index (χ3n) is 3.56. The lowest BCUT2D eigenvalue weighted by Crippen LogP contribution is -2.12. The molecule has 2 rings (SSSR count). The fourth-order valence-electron chi connectivity index (χ4n) is 2.21. The van der Waals surface area contributed by atoms with E-state index in [1.54, 1.807) is 24.3 Å². The standard InChI is InChI=1S/C15H13ClFN3O.C4H11N/c16-9-3-1-8(2-4-9)13-11(17)6-5-10(15(13)20)14(19)12(18)7-21;1-3-4-5-2/h1-7H,18-20H2;5H,3-4H2,1-2H3/b14-12+;. The zero-order valence-electron chi connectivity index (χ0n) is 14.9. The number of nitrogens with two attached hydrogens (primary N) is 3. The molecule has 7 N–H and O–H groups in total. The van der Waals surface area contributed by atoms with Gasteiger partial charge in [-0.15, -0.1) is 0 Å². The van der Waals surface area contributed by atoms with Crippen LogP contribution in [0.25, 0.3) is 16.8 Å². The maximum absolute atomic E-state index is 14.1. The van der Waals surface area contributed by atoms with Crippen molar-refractivity contribution >= 4 is 29.3 Å². The molecule has 0 saturated heterocycles. The smallest absolute Gasteiger partial charge is 0.167 e. The van der Waals surface area contributed by atoms with Gasteiger partial charge in [0.2, 0.25) is 0 Å². The van der Waals surface area contributed by atoms with Gasteiger partial charge < -0.3 is 22.5 Å². The van der Waals surface area contributed by atoms with E-state index in [2.05, 4.69) is 12.2 Å². The Kier molecular flexibility index (Phi) is 8.61. The molecular weight excluding hydrogens is 355 g/mol. The second-order valence-corrected chi connectivity index (χ2v) is 5.92. The van der Waals surface area contributed by atoms with E-state index < -0.39 is 5.82 Å². The van der Waals surface area contributed by atoms with E-state index in [0.717, 1.165) is 6.54 Å². The van der Waals surface area contributed by atoms with Crippen LogP contribution in [0.5, 0.6) is 0 Å². The largest absolute Gasteiger partial charge is 0.398 e. The van der Waals surface area contributed by atoms with Gasteiger partial charge in [0.1, 0.15) is 5.82 Å². The summed E-state index contributed by atoms with van der Waals surface area (Å²) in [6.45, 7) is 3.29. The third kappa shape index (κ3) is 5.47. The molecule has 140 valence electrons. The molecule has 0 aliphatic rings. The monoisotopic (exact) mass is 378 g/mol. The Labute approximate surface area is 158 Å². The van der Waals surface area contributed by atoms with Gasteiger partial charge in [-0.1, -0.05) is 30.7 Å². The van der Waals surface area contributed by atoms with E-state index >= 15 is 0 Å². The number of halogens is 2. The number of hydrogen-bond donors (Lipinski definition) is 4. The third-order valence-corrected chi connectivity index (χ3v) is 3.81. The number of allylic oxidation sites excluding steroid dienone is 1. The van der Waals surface area contributed by atoms with Gasteiger partial charge >= 0.3 is 0 Å². The van der Waals surface area contributed by atoms with Gasteiger partial charge in [0.15, 0.2) is 6.29 Å². The van der Waals surface area contributed by atoms with Crippen LogP contribution in [0.15, 0.2) is 42.1 Å². The number of nitrogen functional groups attached to an aromatic ring is 1. The van der Waals surface area contributed by atoms with Crippen LogP contribution >= 0.6 is 11.6 Å². The molecule has 0 spiro atoms. The second-order valence-electron chi connectivity index (χ2n) is 5.48. The highest BCUT2D eigenvalue weighted by Gasteiger charge is 2.15. The maximum atomic E-state index is 14.1. The Morgan fingerprint density at radius 1 is 1.19 bits per heavy atom. The highest BCUT2D eigenvalue weighted by Crippen LogP contribution is 2.34. The van der Waals surface area contributed by atoms with Gasteiger partial charge in [-0.05, 0) is 49.8 Å². The summed E-state index contributed by atoms with van der Waals surface area (Å²) < 4.78 is 14.1. The summed E-state index contributed by atoms with van der Waals surface area (Å²) in [5.74, 6) is -0.504. The number of aldehydes is 1. The normalized spacial score (nSPS) is 11.2. The van der Waals surface area contributed by atoms with Crippen LogP contribution in [0.3, 0.4) is 0 Å². The number of rotatable bonds is 5. The van der Waals surface area contributed by atoms with E-state index in [-0.39, 0.29) is 22.6 Å².